The van der Waals surface area contributed by atoms with E-state index in [9.17, 15) is 14.4 Å². The van der Waals surface area contributed by atoms with Crippen LogP contribution in [0.15, 0.2) is 36.4 Å². The van der Waals surface area contributed by atoms with Gasteiger partial charge < -0.3 is 15.4 Å². The number of anilines is 2. The first-order valence-corrected chi connectivity index (χ1v) is 6.98. The van der Waals surface area contributed by atoms with Gasteiger partial charge in [-0.3, -0.25) is 9.59 Å². The van der Waals surface area contributed by atoms with E-state index in [0.717, 1.165) is 6.42 Å². The van der Waals surface area contributed by atoms with Gasteiger partial charge in [0.25, 0.3) is 5.91 Å². The third-order valence-electron chi connectivity index (χ3n) is 2.62. The average molecular weight is 304 g/mol. The quantitative estimate of drug-likeness (QED) is 0.624. The van der Waals surface area contributed by atoms with E-state index in [-0.39, 0.29) is 5.91 Å². The molecule has 0 spiro atoms. The molecule has 0 unspecified atom stereocenters. The monoisotopic (exact) mass is 304 g/mol. The van der Waals surface area contributed by atoms with Crippen molar-refractivity contribution in [2.75, 3.05) is 10.6 Å². The molecule has 118 valence electrons. The third kappa shape index (κ3) is 6.21. The van der Waals surface area contributed by atoms with E-state index >= 15 is 0 Å². The topological polar surface area (TPSA) is 84.5 Å². The van der Waals surface area contributed by atoms with Gasteiger partial charge in [-0.2, -0.15) is 0 Å². The Kier molecular flexibility index (Phi) is 6.82. The van der Waals surface area contributed by atoms with Gasteiger partial charge in [-0.15, -0.1) is 0 Å². The molecule has 1 rings (SSSR count). The van der Waals surface area contributed by atoms with Crippen molar-refractivity contribution >= 4 is 29.2 Å². The molecule has 0 aliphatic heterocycles. The lowest BCUT2D eigenvalue weighted by Gasteiger charge is -2.12. The highest BCUT2D eigenvalue weighted by Crippen LogP contribution is 2.14. The Morgan fingerprint density at radius 1 is 1.14 bits per heavy atom. The first kappa shape index (κ1) is 17.4. The molecule has 1 aromatic rings. The Hall–Kier alpha value is -2.63. The zero-order valence-corrected chi connectivity index (χ0v) is 12.9. The first-order valence-electron chi connectivity index (χ1n) is 6.98. The SMILES string of the molecule is CC/C=C/C(=O)O[C@@H](C)C(=O)Nc1ccc(NC(C)=O)cc1. The van der Waals surface area contributed by atoms with E-state index in [1.54, 1.807) is 30.3 Å². The van der Waals surface area contributed by atoms with Crippen LogP contribution in [0.3, 0.4) is 0 Å². The van der Waals surface area contributed by atoms with Gasteiger partial charge in [-0.05, 0) is 37.6 Å². The molecule has 0 bridgehead atoms. The van der Waals surface area contributed by atoms with E-state index < -0.39 is 18.0 Å². The highest BCUT2D eigenvalue weighted by Gasteiger charge is 2.16. The minimum absolute atomic E-state index is 0.169. The molecule has 0 aliphatic carbocycles. The molecule has 6 nitrogen and oxygen atoms in total. The Morgan fingerprint density at radius 3 is 2.18 bits per heavy atom. The number of amides is 2. The van der Waals surface area contributed by atoms with Gasteiger partial charge in [-0.25, -0.2) is 4.79 Å². The van der Waals surface area contributed by atoms with Crippen LogP contribution >= 0.6 is 0 Å². The fraction of sp³-hybridized carbons (Fsp3) is 0.312. The van der Waals surface area contributed by atoms with Crippen LogP contribution in [-0.4, -0.2) is 23.9 Å². The summed E-state index contributed by atoms with van der Waals surface area (Å²) in [6.07, 6.45) is 2.78. The standard InChI is InChI=1S/C16H20N2O4/c1-4-5-6-15(20)22-11(2)16(21)18-14-9-7-13(8-10-14)17-12(3)19/h5-11H,4H2,1-3H3,(H,17,19)(H,18,21)/b6-5+/t11-/m0/s1. The van der Waals surface area contributed by atoms with Crippen LogP contribution in [-0.2, 0) is 19.1 Å². The van der Waals surface area contributed by atoms with Crippen molar-refractivity contribution in [3.05, 3.63) is 36.4 Å². The maximum absolute atomic E-state index is 11.9. The molecule has 0 saturated carbocycles. The number of rotatable bonds is 6. The van der Waals surface area contributed by atoms with Gasteiger partial charge in [0.2, 0.25) is 5.91 Å². The molecule has 22 heavy (non-hydrogen) atoms. The lowest BCUT2D eigenvalue weighted by molar-refractivity contribution is -0.148. The van der Waals surface area contributed by atoms with Crippen molar-refractivity contribution in [2.24, 2.45) is 0 Å². The summed E-state index contributed by atoms with van der Waals surface area (Å²) in [5.41, 5.74) is 1.18. The summed E-state index contributed by atoms with van der Waals surface area (Å²) in [5, 5.41) is 5.26. The fourth-order valence-electron chi connectivity index (χ4n) is 1.57. The molecular formula is C16H20N2O4. The Morgan fingerprint density at radius 2 is 1.68 bits per heavy atom. The van der Waals surface area contributed by atoms with E-state index in [0.29, 0.717) is 11.4 Å². The largest absolute Gasteiger partial charge is 0.449 e. The van der Waals surface area contributed by atoms with Crippen molar-refractivity contribution in [1.29, 1.82) is 0 Å². The molecule has 2 amide bonds. The van der Waals surface area contributed by atoms with E-state index in [2.05, 4.69) is 10.6 Å². The van der Waals surface area contributed by atoms with Gasteiger partial charge >= 0.3 is 5.97 Å². The van der Waals surface area contributed by atoms with Crippen molar-refractivity contribution in [3.63, 3.8) is 0 Å². The van der Waals surface area contributed by atoms with Crippen molar-refractivity contribution in [1.82, 2.24) is 0 Å². The van der Waals surface area contributed by atoms with Crippen LogP contribution in [0.4, 0.5) is 11.4 Å². The second kappa shape index (κ2) is 8.61. The zero-order chi connectivity index (χ0) is 16.5. The van der Waals surface area contributed by atoms with Crippen LogP contribution in [0.25, 0.3) is 0 Å². The lowest BCUT2D eigenvalue weighted by atomic mass is 10.2. The number of nitrogens with one attached hydrogen (secondary N) is 2. The van der Waals surface area contributed by atoms with Crippen molar-refractivity contribution in [3.8, 4) is 0 Å². The highest BCUT2D eigenvalue weighted by molar-refractivity contribution is 5.96. The predicted molar refractivity (Wildman–Crippen MR) is 84.4 cm³/mol. The van der Waals surface area contributed by atoms with Gasteiger partial charge in [0, 0.05) is 24.4 Å². The van der Waals surface area contributed by atoms with E-state index in [1.807, 2.05) is 6.92 Å². The van der Waals surface area contributed by atoms with Crippen LogP contribution in [0.2, 0.25) is 0 Å². The zero-order valence-electron chi connectivity index (χ0n) is 12.9. The second-order valence-corrected chi connectivity index (χ2v) is 4.64. The maximum atomic E-state index is 11.9. The van der Waals surface area contributed by atoms with E-state index in [1.165, 1.54) is 19.9 Å². The third-order valence-corrected chi connectivity index (χ3v) is 2.62. The molecule has 1 atom stereocenters. The Balaban J connectivity index is 2.55. The molecule has 1 aromatic carbocycles. The van der Waals surface area contributed by atoms with Crippen molar-refractivity contribution < 1.29 is 19.1 Å². The van der Waals surface area contributed by atoms with Gasteiger partial charge in [0.15, 0.2) is 6.10 Å². The van der Waals surface area contributed by atoms with Crippen LogP contribution in [0.1, 0.15) is 27.2 Å². The smallest absolute Gasteiger partial charge is 0.331 e. The fourth-order valence-corrected chi connectivity index (χ4v) is 1.57. The summed E-state index contributed by atoms with van der Waals surface area (Å²) in [5.74, 6) is -1.14. The summed E-state index contributed by atoms with van der Waals surface area (Å²) >= 11 is 0. The van der Waals surface area contributed by atoms with Gasteiger partial charge in [0.1, 0.15) is 0 Å². The number of hydrogen-bond donors (Lipinski definition) is 2. The molecule has 2 N–H and O–H groups in total. The molecule has 6 heteroatoms. The number of esters is 1. The molecule has 0 fully saturated rings. The molecule has 0 heterocycles. The molecule has 0 aromatic heterocycles. The van der Waals surface area contributed by atoms with Crippen molar-refractivity contribution in [2.45, 2.75) is 33.3 Å². The summed E-state index contributed by atoms with van der Waals surface area (Å²) in [4.78, 5) is 34.2. The predicted octanol–water partition coefficient (Wildman–Crippen LogP) is 2.48. The summed E-state index contributed by atoms with van der Waals surface area (Å²) in [6, 6.07) is 6.62. The van der Waals surface area contributed by atoms with Gasteiger partial charge in [0.05, 0.1) is 0 Å². The number of carbonyl (C=O) groups excluding carboxylic acids is 3. The molecule has 0 radical (unpaired) electrons. The van der Waals surface area contributed by atoms with Crippen LogP contribution < -0.4 is 10.6 Å². The average Bonchev–Trinajstić information content (AvgIpc) is 2.46. The summed E-state index contributed by atoms with van der Waals surface area (Å²) in [7, 11) is 0. The summed E-state index contributed by atoms with van der Waals surface area (Å²) < 4.78 is 4.97. The lowest BCUT2D eigenvalue weighted by Crippen LogP contribution is -2.29. The molecule has 0 aliphatic rings. The highest BCUT2D eigenvalue weighted by atomic mass is 16.5. The molecular weight excluding hydrogens is 284 g/mol. The number of hydrogen-bond acceptors (Lipinski definition) is 4. The van der Waals surface area contributed by atoms with E-state index in [4.69, 9.17) is 4.74 Å². The Bertz CT molecular complexity index is 564. The minimum atomic E-state index is -0.899. The van der Waals surface area contributed by atoms with Gasteiger partial charge in [-0.1, -0.05) is 13.0 Å². The van der Waals surface area contributed by atoms with Crippen LogP contribution in [0.5, 0.6) is 0 Å². The number of ether oxygens (including phenoxy) is 1. The minimum Gasteiger partial charge on any atom is -0.449 e. The second-order valence-electron chi connectivity index (χ2n) is 4.64. The number of allylic oxidation sites excluding steroid dienone is 1. The number of carbonyl (C=O) groups is 3. The maximum Gasteiger partial charge on any atom is 0.331 e. The summed E-state index contributed by atoms with van der Waals surface area (Å²) in [6.45, 7) is 4.81. The number of benzene rings is 1. The molecule has 0 saturated heterocycles. The first-order chi connectivity index (χ1) is 10.4. The normalized spacial score (nSPS) is 11.8. The van der Waals surface area contributed by atoms with Crippen LogP contribution in [0, 0.1) is 0 Å². The Labute approximate surface area is 129 Å².